The van der Waals surface area contributed by atoms with Crippen molar-refractivity contribution in [2.45, 2.75) is 31.6 Å². The van der Waals surface area contributed by atoms with Gasteiger partial charge in [-0.2, -0.15) is 14.7 Å². The van der Waals surface area contributed by atoms with E-state index in [2.05, 4.69) is 21.6 Å². The van der Waals surface area contributed by atoms with E-state index in [0.717, 1.165) is 46.4 Å². The van der Waals surface area contributed by atoms with E-state index in [9.17, 15) is 5.21 Å². The van der Waals surface area contributed by atoms with E-state index in [1.807, 2.05) is 30.3 Å². The molecule has 10 heteroatoms. The highest BCUT2D eigenvalue weighted by molar-refractivity contribution is 6.35. The van der Waals surface area contributed by atoms with Gasteiger partial charge in [-0.1, -0.05) is 48.2 Å². The van der Waals surface area contributed by atoms with Gasteiger partial charge in [0.2, 0.25) is 5.69 Å². The molecule has 1 saturated carbocycles. The first-order chi connectivity index (χ1) is 18.5. The molecule has 0 saturated heterocycles. The topological polar surface area (TPSA) is 107 Å². The molecule has 188 valence electrons. The zero-order chi connectivity index (χ0) is 26.2. The minimum atomic E-state index is -0.156. The fraction of sp³-hybridized carbons (Fsp3) is 0.214. The van der Waals surface area contributed by atoms with Gasteiger partial charge in [-0.25, -0.2) is 4.99 Å². The van der Waals surface area contributed by atoms with Crippen LogP contribution in [0.4, 0.5) is 0 Å². The van der Waals surface area contributed by atoms with E-state index in [1.165, 1.54) is 11.0 Å². The molecule has 2 aromatic carbocycles. The number of rotatable bonds is 7. The summed E-state index contributed by atoms with van der Waals surface area (Å²) in [5, 5.41) is 35.0. The quantitative estimate of drug-likeness (QED) is 0.166. The van der Waals surface area contributed by atoms with Crippen LogP contribution in [-0.4, -0.2) is 25.9 Å². The number of benzene rings is 2. The zero-order valence-electron chi connectivity index (χ0n) is 20.1. The van der Waals surface area contributed by atoms with Gasteiger partial charge < -0.3 is 5.21 Å². The summed E-state index contributed by atoms with van der Waals surface area (Å²) in [4.78, 5) is 4.73. The molecule has 0 N–H and O–H groups in total. The smallest absolute Gasteiger partial charge is 0.201 e. The van der Waals surface area contributed by atoms with Gasteiger partial charge in [-0.15, -0.1) is 5.10 Å². The minimum absolute atomic E-state index is 0.156. The maximum Gasteiger partial charge on any atom is 0.201 e. The second-order valence-electron chi connectivity index (χ2n) is 9.55. The Balaban J connectivity index is 1.33. The van der Waals surface area contributed by atoms with Crippen LogP contribution in [0.3, 0.4) is 0 Å². The molecular weight excluding hydrogens is 521 g/mol. The number of aliphatic imine (C=N–C) groups is 1. The van der Waals surface area contributed by atoms with Crippen LogP contribution in [0.2, 0.25) is 5.02 Å². The first-order valence-corrected chi connectivity index (χ1v) is 13.0. The van der Waals surface area contributed by atoms with Crippen molar-refractivity contribution in [3.05, 3.63) is 99.3 Å². The standard InChI is InChI=1S/C28H21Cl2N7O/c29-21-8-10-26(36-16-32-34-35-36)22(12-21)20-7-9-27(37(38)15-20)24(11-17-1-2-17)25-13-23(28(30)33-25)19-5-3-18(14-31)4-6-19/h3-10,12,15-17,24H,1-2,11,13H2. The molecule has 6 rings (SSSR count). The van der Waals surface area contributed by atoms with E-state index >= 15 is 0 Å². The third kappa shape index (κ3) is 4.78. The molecule has 0 spiro atoms. The van der Waals surface area contributed by atoms with Crippen LogP contribution in [0.15, 0.2) is 77.3 Å². The molecule has 0 radical (unpaired) electrons. The molecule has 38 heavy (non-hydrogen) atoms. The number of halogens is 2. The number of hydrogen-bond acceptors (Lipinski definition) is 6. The van der Waals surface area contributed by atoms with Gasteiger partial charge in [-0.3, -0.25) is 0 Å². The number of pyridine rings is 1. The Morgan fingerprint density at radius 1 is 1.08 bits per heavy atom. The first kappa shape index (κ1) is 24.3. The van der Waals surface area contributed by atoms with Gasteiger partial charge in [0.05, 0.1) is 23.2 Å². The Hall–Kier alpha value is -4.06. The Kier molecular flexibility index (Phi) is 6.40. The van der Waals surface area contributed by atoms with Gasteiger partial charge in [0, 0.05) is 39.9 Å². The highest BCUT2D eigenvalue weighted by Gasteiger charge is 2.36. The second kappa shape index (κ2) is 10.0. The summed E-state index contributed by atoms with van der Waals surface area (Å²) >= 11 is 12.9. The number of tetrazole rings is 1. The molecular formula is C28H21Cl2N7O. The zero-order valence-corrected chi connectivity index (χ0v) is 21.6. The predicted molar refractivity (Wildman–Crippen MR) is 145 cm³/mol. The maximum atomic E-state index is 13.5. The number of aromatic nitrogens is 5. The van der Waals surface area contributed by atoms with E-state index in [-0.39, 0.29) is 5.92 Å². The van der Waals surface area contributed by atoms with Crippen LogP contribution in [0.25, 0.3) is 22.4 Å². The van der Waals surface area contributed by atoms with Gasteiger partial charge in [-0.05, 0) is 64.7 Å². The van der Waals surface area contributed by atoms with Crippen molar-refractivity contribution in [3.63, 3.8) is 0 Å². The lowest BCUT2D eigenvalue weighted by molar-refractivity contribution is -0.614. The lowest BCUT2D eigenvalue weighted by Crippen LogP contribution is -2.35. The van der Waals surface area contributed by atoms with Gasteiger partial charge >= 0.3 is 0 Å². The van der Waals surface area contributed by atoms with Crippen molar-refractivity contribution in [2.75, 3.05) is 0 Å². The summed E-state index contributed by atoms with van der Waals surface area (Å²) in [5.41, 5.74) is 6.10. The highest BCUT2D eigenvalue weighted by Crippen LogP contribution is 2.43. The summed E-state index contributed by atoms with van der Waals surface area (Å²) in [6.45, 7) is 0. The molecule has 0 amide bonds. The second-order valence-corrected chi connectivity index (χ2v) is 10.3. The van der Waals surface area contributed by atoms with Crippen LogP contribution in [0.5, 0.6) is 0 Å². The summed E-state index contributed by atoms with van der Waals surface area (Å²) in [7, 11) is 0. The van der Waals surface area contributed by atoms with Crippen molar-refractivity contribution < 1.29 is 4.73 Å². The van der Waals surface area contributed by atoms with Crippen LogP contribution in [-0.2, 0) is 0 Å². The van der Waals surface area contributed by atoms with E-state index < -0.39 is 0 Å². The monoisotopic (exact) mass is 541 g/mol. The van der Waals surface area contributed by atoms with Gasteiger partial charge in [0.1, 0.15) is 11.5 Å². The number of nitriles is 1. The van der Waals surface area contributed by atoms with Crippen molar-refractivity contribution in [1.82, 2.24) is 20.2 Å². The Morgan fingerprint density at radius 2 is 1.87 bits per heavy atom. The SMILES string of the molecule is N#Cc1ccc(C2=C(Cl)N=C(C(CC3CC3)c3ccc(-c4cc(Cl)ccc4-n4cnnn4)c[n+]3[O-])C2)cc1. The molecule has 1 aliphatic heterocycles. The minimum Gasteiger partial charge on any atom is -0.618 e. The number of allylic oxidation sites excluding steroid dienone is 1. The van der Waals surface area contributed by atoms with Crippen LogP contribution in [0.1, 0.15) is 48.4 Å². The van der Waals surface area contributed by atoms with Crippen molar-refractivity contribution in [2.24, 2.45) is 10.9 Å². The summed E-state index contributed by atoms with van der Waals surface area (Å²) < 4.78 is 2.47. The first-order valence-electron chi connectivity index (χ1n) is 12.2. The average Bonchev–Trinajstić information content (AvgIpc) is 3.42. The van der Waals surface area contributed by atoms with Crippen molar-refractivity contribution in [3.8, 4) is 22.9 Å². The van der Waals surface area contributed by atoms with Gasteiger partial charge in [0.15, 0.2) is 6.20 Å². The van der Waals surface area contributed by atoms with E-state index in [1.54, 1.807) is 30.5 Å². The van der Waals surface area contributed by atoms with Crippen molar-refractivity contribution in [1.29, 1.82) is 5.26 Å². The Bertz CT molecular complexity index is 1620. The number of nitrogens with zero attached hydrogens (tertiary/aromatic N) is 7. The number of hydrogen-bond donors (Lipinski definition) is 0. The Morgan fingerprint density at radius 3 is 2.55 bits per heavy atom. The molecule has 3 heterocycles. The summed E-state index contributed by atoms with van der Waals surface area (Å²) in [6, 6.07) is 18.6. The van der Waals surface area contributed by atoms with Crippen molar-refractivity contribution >= 4 is 34.5 Å². The molecule has 1 aliphatic carbocycles. The lowest BCUT2D eigenvalue weighted by atomic mass is 9.88. The molecule has 4 aromatic rings. The lowest BCUT2D eigenvalue weighted by Gasteiger charge is -2.18. The third-order valence-corrected chi connectivity index (χ3v) is 7.59. The Labute approximate surface area is 229 Å². The molecule has 0 bridgehead atoms. The van der Waals surface area contributed by atoms with Crippen LogP contribution >= 0.6 is 23.2 Å². The maximum absolute atomic E-state index is 13.5. The fourth-order valence-corrected chi connectivity index (χ4v) is 5.36. The third-order valence-electron chi connectivity index (χ3n) is 7.05. The average molecular weight is 542 g/mol. The predicted octanol–water partition coefficient (Wildman–Crippen LogP) is 5.82. The summed E-state index contributed by atoms with van der Waals surface area (Å²) in [5.74, 6) is 0.413. The van der Waals surface area contributed by atoms with Crippen LogP contribution < -0.4 is 4.73 Å². The van der Waals surface area contributed by atoms with E-state index in [0.29, 0.717) is 45.0 Å². The molecule has 1 atom stereocenters. The normalized spacial score (nSPS) is 15.9. The molecule has 1 unspecified atom stereocenters. The molecule has 2 aliphatic rings. The molecule has 1 fully saturated rings. The fourth-order valence-electron chi connectivity index (χ4n) is 4.90. The molecule has 2 aromatic heterocycles. The highest BCUT2D eigenvalue weighted by atomic mass is 35.5. The van der Waals surface area contributed by atoms with Gasteiger partial charge in [0.25, 0.3) is 0 Å². The largest absolute Gasteiger partial charge is 0.618 e. The molecule has 8 nitrogen and oxygen atoms in total. The summed E-state index contributed by atoms with van der Waals surface area (Å²) in [6.07, 6.45) is 6.78. The van der Waals surface area contributed by atoms with E-state index in [4.69, 9.17) is 33.5 Å². The van der Waals surface area contributed by atoms with Crippen LogP contribution in [0, 0.1) is 22.5 Å².